The van der Waals surface area contributed by atoms with Gasteiger partial charge in [0.15, 0.2) is 5.66 Å². The fourth-order valence-corrected chi connectivity index (χ4v) is 5.25. The number of hydrogen-bond acceptors (Lipinski definition) is 5. The van der Waals surface area contributed by atoms with Crippen LogP contribution >= 0.6 is 0 Å². The van der Waals surface area contributed by atoms with E-state index in [9.17, 15) is 14.0 Å². The third-order valence-electron chi connectivity index (χ3n) is 6.92. The van der Waals surface area contributed by atoms with E-state index in [1.807, 2.05) is 35.8 Å². The van der Waals surface area contributed by atoms with Gasteiger partial charge in [0.2, 0.25) is 0 Å². The predicted octanol–water partition coefficient (Wildman–Crippen LogP) is 2.65. The molecule has 1 N–H and O–H groups in total. The van der Waals surface area contributed by atoms with E-state index in [4.69, 9.17) is 4.84 Å². The number of halogens is 1. The zero-order valence-electron chi connectivity index (χ0n) is 18.4. The van der Waals surface area contributed by atoms with Crippen LogP contribution in [0.4, 0.5) is 4.39 Å². The minimum absolute atomic E-state index is 0.177. The Labute approximate surface area is 195 Å². The summed E-state index contributed by atoms with van der Waals surface area (Å²) in [6.45, 7) is 2.86. The van der Waals surface area contributed by atoms with E-state index in [1.165, 1.54) is 18.4 Å². The Morgan fingerprint density at radius 1 is 1.15 bits per heavy atom. The van der Waals surface area contributed by atoms with Gasteiger partial charge in [0.25, 0.3) is 11.8 Å². The van der Waals surface area contributed by atoms with Crippen molar-refractivity contribution in [1.29, 1.82) is 0 Å². The largest absolute Gasteiger partial charge is 0.415 e. The molecule has 6 rings (SSSR count). The van der Waals surface area contributed by atoms with Gasteiger partial charge in [-0.05, 0) is 43.3 Å². The number of rotatable bonds is 3. The molecule has 0 aliphatic carbocycles. The van der Waals surface area contributed by atoms with Crippen molar-refractivity contribution in [3.8, 4) is 11.3 Å². The molecule has 2 atom stereocenters. The summed E-state index contributed by atoms with van der Waals surface area (Å²) in [6, 6.07) is 13.2. The molecule has 9 heteroatoms. The van der Waals surface area contributed by atoms with Crippen LogP contribution in [-0.4, -0.2) is 50.3 Å². The molecule has 1 saturated heterocycles. The normalized spacial score (nSPS) is 23.4. The Bertz CT molecular complexity index is 1320. The van der Waals surface area contributed by atoms with Gasteiger partial charge >= 0.3 is 0 Å². The molecule has 172 valence electrons. The Hall–Kier alpha value is -3.98. The van der Waals surface area contributed by atoms with Crippen LogP contribution in [0.1, 0.15) is 23.0 Å². The number of carbonyl (C=O) groups excluding carboxylic acids is 2. The second-order valence-corrected chi connectivity index (χ2v) is 8.70. The van der Waals surface area contributed by atoms with Gasteiger partial charge in [0.05, 0.1) is 23.9 Å². The molecule has 0 radical (unpaired) electrons. The van der Waals surface area contributed by atoms with Crippen molar-refractivity contribution in [2.24, 2.45) is 0 Å². The third-order valence-corrected chi connectivity index (χ3v) is 6.92. The lowest BCUT2D eigenvalue weighted by Gasteiger charge is -2.47. The van der Waals surface area contributed by atoms with Crippen LogP contribution in [0.3, 0.4) is 0 Å². The maximum Gasteiger partial charge on any atom is 0.272 e. The summed E-state index contributed by atoms with van der Waals surface area (Å²) in [6.07, 6.45) is 4.86. The van der Waals surface area contributed by atoms with E-state index < -0.39 is 5.66 Å². The van der Waals surface area contributed by atoms with Gasteiger partial charge in [-0.3, -0.25) is 14.6 Å². The number of carbonyl (C=O) groups is 2. The average molecular weight is 459 g/mol. The quantitative estimate of drug-likeness (QED) is 0.652. The highest BCUT2D eigenvalue weighted by atomic mass is 19.1. The lowest BCUT2D eigenvalue weighted by atomic mass is 9.93. The summed E-state index contributed by atoms with van der Waals surface area (Å²) in [5.74, 6) is -0.786. The van der Waals surface area contributed by atoms with Crippen molar-refractivity contribution in [1.82, 2.24) is 24.8 Å². The Kier molecular flexibility index (Phi) is 4.56. The van der Waals surface area contributed by atoms with Gasteiger partial charge in [0, 0.05) is 36.6 Å². The molecule has 8 nitrogen and oxygen atoms in total. The summed E-state index contributed by atoms with van der Waals surface area (Å²) in [5.41, 5.74) is 5.04. The highest BCUT2D eigenvalue weighted by molar-refractivity contribution is 5.99. The Morgan fingerprint density at radius 3 is 2.65 bits per heavy atom. The summed E-state index contributed by atoms with van der Waals surface area (Å²) in [5, 5.41) is 0. The summed E-state index contributed by atoms with van der Waals surface area (Å²) < 4.78 is 15.8. The van der Waals surface area contributed by atoms with Gasteiger partial charge in [-0.2, -0.15) is 0 Å². The maximum atomic E-state index is 13.9. The third kappa shape index (κ3) is 2.83. The monoisotopic (exact) mass is 459 g/mol. The van der Waals surface area contributed by atoms with E-state index in [-0.39, 0.29) is 23.7 Å². The first-order chi connectivity index (χ1) is 16.5. The molecule has 5 heterocycles. The van der Waals surface area contributed by atoms with E-state index >= 15 is 0 Å². The lowest BCUT2D eigenvalue weighted by Crippen LogP contribution is -2.60. The number of fused-ring (bicyclic) bond motifs is 2. The number of pyridine rings is 1. The molecule has 2 unspecified atom stereocenters. The second kappa shape index (κ2) is 7.53. The number of nitrogens with zero attached hydrogens (tertiary/aromatic N) is 4. The van der Waals surface area contributed by atoms with Gasteiger partial charge < -0.3 is 19.2 Å². The van der Waals surface area contributed by atoms with Gasteiger partial charge in [-0.25, -0.2) is 4.39 Å². The Balaban J connectivity index is 1.54. The SMILES string of the molecule is CC1NOC=C1C(=O)N1CCN2C(=O)c3ccc(-c4cccnc4)n3CC12c1ccc(F)cc1. The van der Waals surface area contributed by atoms with Crippen molar-refractivity contribution >= 4 is 11.8 Å². The van der Waals surface area contributed by atoms with Crippen molar-refractivity contribution in [3.05, 3.63) is 89.8 Å². The van der Waals surface area contributed by atoms with Crippen molar-refractivity contribution in [3.63, 3.8) is 0 Å². The standard InChI is InChI=1S/C25H22FN5O3/c1-16-20(14-34-28-16)23(32)30-11-12-31-24(33)22-9-8-21(17-3-2-10-27-13-17)29(22)15-25(30,31)18-4-6-19(26)7-5-18/h2-10,13-14,16,28H,11-12,15H2,1H3. The highest BCUT2D eigenvalue weighted by Gasteiger charge is 2.57. The predicted molar refractivity (Wildman–Crippen MR) is 120 cm³/mol. The first-order valence-electron chi connectivity index (χ1n) is 11.1. The molecular formula is C25H22FN5O3. The van der Waals surface area contributed by atoms with Gasteiger partial charge in [-0.1, -0.05) is 12.1 Å². The van der Waals surface area contributed by atoms with E-state index in [1.54, 1.807) is 34.3 Å². The molecule has 0 saturated carbocycles. The number of nitrogens with one attached hydrogen (secondary N) is 1. The minimum Gasteiger partial charge on any atom is -0.415 e. The first-order valence-corrected chi connectivity index (χ1v) is 11.1. The number of amides is 2. The summed E-state index contributed by atoms with van der Waals surface area (Å²) in [7, 11) is 0. The van der Waals surface area contributed by atoms with Crippen LogP contribution in [-0.2, 0) is 21.8 Å². The van der Waals surface area contributed by atoms with Crippen LogP contribution < -0.4 is 5.48 Å². The van der Waals surface area contributed by atoms with Crippen LogP contribution in [0.25, 0.3) is 11.3 Å². The van der Waals surface area contributed by atoms with Gasteiger partial charge in [0.1, 0.15) is 17.8 Å². The molecule has 3 aliphatic rings. The van der Waals surface area contributed by atoms with Crippen LogP contribution in [0.5, 0.6) is 0 Å². The molecule has 1 fully saturated rings. The fourth-order valence-electron chi connectivity index (χ4n) is 5.25. The summed E-state index contributed by atoms with van der Waals surface area (Å²) in [4.78, 5) is 40.4. The van der Waals surface area contributed by atoms with Crippen LogP contribution in [0.2, 0.25) is 0 Å². The molecule has 2 aromatic heterocycles. The van der Waals surface area contributed by atoms with Crippen molar-refractivity contribution < 1.29 is 18.8 Å². The molecule has 34 heavy (non-hydrogen) atoms. The molecular weight excluding hydrogens is 437 g/mol. The molecule has 0 spiro atoms. The highest BCUT2D eigenvalue weighted by Crippen LogP contribution is 2.45. The topological polar surface area (TPSA) is 79.7 Å². The fraction of sp³-hybridized carbons (Fsp3) is 0.240. The van der Waals surface area contributed by atoms with Crippen LogP contribution in [0.15, 0.2) is 72.8 Å². The second-order valence-electron chi connectivity index (χ2n) is 8.70. The van der Waals surface area contributed by atoms with Gasteiger partial charge in [-0.15, -0.1) is 5.48 Å². The minimum atomic E-state index is -1.12. The van der Waals surface area contributed by atoms with E-state index in [0.717, 1.165) is 11.3 Å². The average Bonchev–Trinajstić information content (AvgIpc) is 3.57. The molecule has 2 amide bonds. The number of aromatic nitrogens is 2. The van der Waals surface area contributed by atoms with Crippen molar-refractivity contribution in [2.45, 2.75) is 25.2 Å². The molecule has 3 aliphatic heterocycles. The molecule has 0 bridgehead atoms. The smallest absolute Gasteiger partial charge is 0.272 e. The zero-order chi connectivity index (χ0) is 23.4. The number of benzene rings is 1. The van der Waals surface area contributed by atoms with E-state index in [0.29, 0.717) is 36.5 Å². The molecule has 3 aromatic rings. The van der Waals surface area contributed by atoms with Crippen molar-refractivity contribution in [2.75, 3.05) is 13.1 Å². The molecule has 1 aromatic carbocycles. The number of hydrogen-bond donors (Lipinski definition) is 1. The number of hydroxylamine groups is 1. The lowest BCUT2D eigenvalue weighted by molar-refractivity contribution is -0.136. The Morgan fingerprint density at radius 2 is 1.94 bits per heavy atom. The first kappa shape index (κ1) is 20.6. The zero-order valence-corrected chi connectivity index (χ0v) is 18.4. The summed E-state index contributed by atoms with van der Waals surface area (Å²) >= 11 is 0. The van der Waals surface area contributed by atoms with Crippen LogP contribution in [0, 0.1) is 5.82 Å². The maximum absolute atomic E-state index is 13.9. The van der Waals surface area contributed by atoms with E-state index in [2.05, 4.69) is 10.5 Å².